The Morgan fingerprint density at radius 1 is 1.47 bits per heavy atom. The van der Waals surface area contributed by atoms with Gasteiger partial charge >= 0.3 is 0 Å². The summed E-state index contributed by atoms with van der Waals surface area (Å²) in [4.78, 5) is 0. The first-order valence-corrected chi connectivity index (χ1v) is 6.56. The maximum absolute atomic E-state index is 11.8. The number of hydrogen-bond acceptors (Lipinski definition) is 4. The van der Waals surface area contributed by atoms with Gasteiger partial charge in [0, 0.05) is 20.2 Å². The van der Waals surface area contributed by atoms with Crippen LogP contribution in [0.25, 0.3) is 0 Å². The van der Waals surface area contributed by atoms with Crippen molar-refractivity contribution in [1.29, 1.82) is 0 Å². The van der Waals surface area contributed by atoms with Gasteiger partial charge in [0.15, 0.2) is 0 Å². The molecule has 0 unspecified atom stereocenters. The lowest BCUT2D eigenvalue weighted by molar-refractivity contribution is 0.317. The molecule has 0 spiro atoms. The third-order valence-corrected chi connectivity index (χ3v) is 4.02. The SMILES string of the molecule is CO[P@](C)(=O)/C(Cc1ccccc1)=N\O. The summed E-state index contributed by atoms with van der Waals surface area (Å²) in [6.45, 7) is 1.44. The summed E-state index contributed by atoms with van der Waals surface area (Å²) in [6, 6.07) is 9.39. The fourth-order valence-corrected chi connectivity index (χ4v) is 1.99. The summed E-state index contributed by atoms with van der Waals surface area (Å²) in [5, 5.41) is 11.8. The molecule has 0 saturated carbocycles. The van der Waals surface area contributed by atoms with E-state index >= 15 is 0 Å². The molecule has 82 valence electrons. The predicted octanol–water partition coefficient (Wildman–Crippen LogP) is 2.57. The standard InChI is InChI=1S/C10H14NO3P/c1-14-15(2,13)10(11-12)8-9-6-4-3-5-7-9/h3-7,12H,8H2,1-2H3/b11-10-/t15-/m0/s1. The van der Waals surface area contributed by atoms with Crippen LogP contribution >= 0.6 is 7.37 Å². The minimum absolute atomic E-state index is 0.177. The van der Waals surface area contributed by atoms with Gasteiger partial charge in [-0.15, -0.1) is 0 Å². The topological polar surface area (TPSA) is 58.9 Å². The van der Waals surface area contributed by atoms with Crippen molar-refractivity contribution in [2.75, 3.05) is 13.8 Å². The number of rotatable bonds is 4. The molecule has 0 amide bonds. The van der Waals surface area contributed by atoms with Crippen molar-refractivity contribution >= 4 is 12.8 Å². The van der Waals surface area contributed by atoms with Gasteiger partial charge in [-0.25, -0.2) is 0 Å². The highest BCUT2D eigenvalue weighted by Gasteiger charge is 2.23. The Morgan fingerprint density at radius 2 is 2.07 bits per heavy atom. The first-order chi connectivity index (χ1) is 7.10. The van der Waals surface area contributed by atoms with Crippen molar-refractivity contribution in [3.05, 3.63) is 35.9 Å². The van der Waals surface area contributed by atoms with Gasteiger partial charge in [0.1, 0.15) is 5.45 Å². The summed E-state index contributed by atoms with van der Waals surface area (Å²) in [6.07, 6.45) is 0.332. The Labute approximate surface area is 89.0 Å². The monoisotopic (exact) mass is 227 g/mol. The lowest BCUT2D eigenvalue weighted by Gasteiger charge is -2.11. The highest BCUT2D eigenvalue weighted by Crippen LogP contribution is 2.44. The molecule has 0 radical (unpaired) electrons. The summed E-state index contributed by atoms with van der Waals surface area (Å²) < 4.78 is 16.6. The molecule has 0 aliphatic rings. The Balaban J connectivity index is 2.86. The molecule has 1 aromatic carbocycles. The summed E-state index contributed by atoms with van der Waals surface area (Å²) in [5.41, 5.74) is 1.11. The molecule has 1 atom stereocenters. The molecule has 0 bridgehead atoms. The molecule has 0 heterocycles. The zero-order valence-electron chi connectivity index (χ0n) is 8.75. The number of nitrogens with zero attached hydrogens (tertiary/aromatic N) is 1. The second-order valence-corrected chi connectivity index (χ2v) is 5.78. The molecule has 0 aliphatic carbocycles. The second kappa shape index (κ2) is 5.10. The van der Waals surface area contributed by atoms with E-state index < -0.39 is 7.37 Å². The lowest BCUT2D eigenvalue weighted by Crippen LogP contribution is -2.05. The maximum Gasteiger partial charge on any atom is 0.246 e. The Bertz CT molecular complexity index is 389. The fraction of sp³-hybridized carbons (Fsp3) is 0.300. The van der Waals surface area contributed by atoms with Crippen LogP contribution in [0.2, 0.25) is 0 Å². The van der Waals surface area contributed by atoms with Gasteiger partial charge in [-0.1, -0.05) is 35.5 Å². The molecule has 1 rings (SSSR count). The van der Waals surface area contributed by atoms with Gasteiger partial charge in [0.2, 0.25) is 7.37 Å². The van der Waals surface area contributed by atoms with E-state index in [9.17, 15) is 4.57 Å². The van der Waals surface area contributed by atoms with Gasteiger partial charge in [0.25, 0.3) is 0 Å². The van der Waals surface area contributed by atoms with Crippen LogP contribution in [0.5, 0.6) is 0 Å². The van der Waals surface area contributed by atoms with Crippen LogP contribution in [0.3, 0.4) is 0 Å². The van der Waals surface area contributed by atoms with Crippen molar-refractivity contribution in [3.8, 4) is 0 Å². The maximum atomic E-state index is 11.8. The van der Waals surface area contributed by atoms with E-state index in [2.05, 4.69) is 5.16 Å². The molecule has 0 aromatic heterocycles. The summed E-state index contributed by atoms with van der Waals surface area (Å²) in [5.74, 6) is 0. The summed E-state index contributed by atoms with van der Waals surface area (Å²) in [7, 11) is -1.60. The largest absolute Gasteiger partial charge is 0.410 e. The summed E-state index contributed by atoms with van der Waals surface area (Å²) >= 11 is 0. The van der Waals surface area contributed by atoms with E-state index in [0.29, 0.717) is 6.42 Å². The average Bonchev–Trinajstić information content (AvgIpc) is 2.27. The molecule has 4 nitrogen and oxygen atoms in total. The van der Waals surface area contributed by atoms with Crippen molar-refractivity contribution < 1.29 is 14.3 Å². The zero-order valence-corrected chi connectivity index (χ0v) is 9.65. The number of benzene rings is 1. The quantitative estimate of drug-likeness (QED) is 0.372. The Morgan fingerprint density at radius 3 is 2.53 bits per heavy atom. The van der Waals surface area contributed by atoms with Crippen molar-refractivity contribution in [2.24, 2.45) is 5.16 Å². The molecule has 0 saturated heterocycles. The minimum Gasteiger partial charge on any atom is -0.410 e. The van der Waals surface area contributed by atoms with Crippen molar-refractivity contribution in [3.63, 3.8) is 0 Å². The average molecular weight is 227 g/mol. The zero-order chi connectivity index (χ0) is 11.3. The lowest BCUT2D eigenvalue weighted by atomic mass is 10.2. The third-order valence-electron chi connectivity index (χ3n) is 2.14. The minimum atomic E-state index is -2.95. The van der Waals surface area contributed by atoms with Gasteiger partial charge in [-0.05, 0) is 5.56 Å². The van der Waals surface area contributed by atoms with Gasteiger partial charge in [0.05, 0.1) is 0 Å². The van der Waals surface area contributed by atoms with E-state index in [1.54, 1.807) is 0 Å². The molecule has 0 fully saturated rings. The predicted molar refractivity (Wildman–Crippen MR) is 59.9 cm³/mol. The fourth-order valence-electron chi connectivity index (χ4n) is 1.14. The van der Waals surface area contributed by atoms with Crippen molar-refractivity contribution in [1.82, 2.24) is 0 Å². The van der Waals surface area contributed by atoms with Crippen LogP contribution in [-0.2, 0) is 15.5 Å². The first kappa shape index (κ1) is 12.0. The van der Waals surface area contributed by atoms with E-state index in [0.717, 1.165) is 5.56 Å². The molecular weight excluding hydrogens is 213 g/mol. The molecule has 15 heavy (non-hydrogen) atoms. The molecule has 1 N–H and O–H groups in total. The molecular formula is C10H14NO3P. The third kappa shape index (κ3) is 3.18. The highest BCUT2D eigenvalue weighted by molar-refractivity contribution is 7.75. The Kier molecular flexibility index (Phi) is 4.06. The normalized spacial score (nSPS) is 16.0. The van der Waals surface area contributed by atoms with Crippen LogP contribution in [0, 0.1) is 0 Å². The van der Waals surface area contributed by atoms with Gasteiger partial charge < -0.3 is 9.73 Å². The smallest absolute Gasteiger partial charge is 0.246 e. The van der Waals surface area contributed by atoms with Crippen LogP contribution in [0.4, 0.5) is 0 Å². The van der Waals surface area contributed by atoms with E-state index in [-0.39, 0.29) is 5.45 Å². The molecule has 1 aromatic rings. The van der Waals surface area contributed by atoms with Gasteiger partial charge in [-0.2, -0.15) is 0 Å². The van der Waals surface area contributed by atoms with Crippen molar-refractivity contribution in [2.45, 2.75) is 6.42 Å². The van der Waals surface area contributed by atoms with Crippen LogP contribution in [0.15, 0.2) is 35.5 Å². The van der Waals surface area contributed by atoms with Gasteiger partial charge in [-0.3, -0.25) is 4.57 Å². The second-order valence-electron chi connectivity index (χ2n) is 3.21. The van der Waals surface area contributed by atoms with Crippen LogP contribution in [0.1, 0.15) is 5.56 Å². The molecule has 5 heteroatoms. The number of hydrogen-bond donors (Lipinski definition) is 1. The highest BCUT2D eigenvalue weighted by atomic mass is 31.2. The van der Waals surface area contributed by atoms with E-state index in [1.165, 1.54) is 13.8 Å². The van der Waals surface area contributed by atoms with E-state index in [1.807, 2.05) is 30.3 Å². The van der Waals surface area contributed by atoms with E-state index in [4.69, 9.17) is 9.73 Å². The van der Waals surface area contributed by atoms with Crippen LogP contribution < -0.4 is 0 Å². The molecule has 0 aliphatic heterocycles. The Hall–Kier alpha value is -1.12. The number of oxime groups is 1. The first-order valence-electron chi connectivity index (χ1n) is 4.49. The van der Waals surface area contributed by atoms with Crippen LogP contribution in [-0.4, -0.2) is 24.4 Å².